The minimum atomic E-state index is -3.40. The van der Waals surface area contributed by atoms with Crippen LogP contribution in [0.25, 0.3) is 0 Å². The summed E-state index contributed by atoms with van der Waals surface area (Å²) in [5.74, 6) is 0. The molecule has 0 radical (unpaired) electrons. The third kappa shape index (κ3) is 3.10. The minimum Gasteiger partial charge on any atom is -0.246 e. The van der Waals surface area contributed by atoms with Crippen LogP contribution < -0.4 is 0 Å². The second-order valence-electron chi connectivity index (χ2n) is 5.80. The van der Waals surface area contributed by atoms with Crippen LogP contribution in [-0.2, 0) is 23.0 Å². The molecule has 1 aliphatic heterocycles. The first-order valence-electron chi connectivity index (χ1n) is 7.90. The van der Waals surface area contributed by atoms with Gasteiger partial charge in [-0.2, -0.15) is 19.3 Å². The van der Waals surface area contributed by atoms with E-state index in [0.717, 1.165) is 17.0 Å². The van der Waals surface area contributed by atoms with Gasteiger partial charge in [0.2, 0.25) is 0 Å². The summed E-state index contributed by atoms with van der Waals surface area (Å²) in [4.78, 5) is 2.59. The molecule has 0 bridgehead atoms. The molecule has 3 aromatic rings. The van der Waals surface area contributed by atoms with Gasteiger partial charge in [-0.3, -0.25) is 0 Å². The van der Waals surface area contributed by atoms with E-state index in [9.17, 15) is 8.42 Å². The number of nitrogens with zero attached hydrogens (tertiary/aromatic N) is 7. The second kappa shape index (κ2) is 6.32. The van der Waals surface area contributed by atoms with Crippen LogP contribution in [0.3, 0.4) is 0 Å². The van der Waals surface area contributed by atoms with E-state index in [-0.39, 0.29) is 6.04 Å². The van der Waals surface area contributed by atoms with Gasteiger partial charge in [0.25, 0.3) is 10.0 Å². The molecule has 0 amide bonds. The van der Waals surface area contributed by atoms with Gasteiger partial charge >= 0.3 is 0 Å². The van der Waals surface area contributed by atoms with E-state index in [1.807, 2.05) is 19.2 Å². The predicted octanol–water partition coefficient (Wildman–Crippen LogP) is 0.787. The number of sulfonamides is 1. The highest BCUT2D eigenvalue weighted by Gasteiger charge is 2.39. The van der Waals surface area contributed by atoms with E-state index < -0.39 is 10.0 Å². The largest absolute Gasteiger partial charge is 0.252 e. The molecule has 1 fully saturated rings. The van der Waals surface area contributed by atoms with Crippen LogP contribution in [0.4, 0.5) is 0 Å². The Kier molecular flexibility index (Phi) is 4.13. The maximum absolute atomic E-state index is 12.6. The van der Waals surface area contributed by atoms with Gasteiger partial charge < -0.3 is 0 Å². The summed E-state index contributed by atoms with van der Waals surface area (Å²) in [6, 6.07) is 3.57. The number of thiophene rings is 1. The molecule has 0 spiro atoms. The molecule has 1 saturated heterocycles. The average Bonchev–Trinajstić information content (AvgIpc) is 3.27. The number of hydrogen-bond donors (Lipinski definition) is 0. The first-order chi connectivity index (χ1) is 12.1. The molecule has 9 nitrogen and oxygen atoms in total. The Balaban J connectivity index is 1.41. The minimum absolute atomic E-state index is 0.00668. The number of aromatic nitrogens is 6. The van der Waals surface area contributed by atoms with Crippen molar-refractivity contribution in [1.29, 1.82) is 0 Å². The third-order valence-corrected chi connectivity index (χ3v) is 7.64. The lowest BCUT2D eigenvalue weighted by molar-refractivity contribution is 0.189. The van der Waals surface area contributed by atoms with E-state index in [2.05, 4.69) is 20.5 Å². The van der Waals surface area contributed by atoms with Crippen LogP contribution in [0.2, 0.25) is 0 Å². The Labute approximate surface area is 148 Å². The van der Waals surface area contributed by atoms with Crippen LogP contribution in [0.5, 0.6) is 0 Å². The molecule has 4 rings (SSSR count). The highest BCUT2D eigenvalue weighted by molar-refractivity contribution is 7.91. The average molecular weight is 379 g/mol. The highest BCUT2D eigenvalue weighted by Crippen LogP contribution is 2.31. The van der Waals surface area contributed by atoms with Crippen molar-refractivity contribution in [2.45, 2.75) is 30.1 Å². The zero-order valence-electron chi connectivity index (χ0n) is 13.6. The molecular weight excluding hydrogens is 362 g/mol. The van der Waals surface area contributed by atoms with E-state index in [1.54, 1.807) is 23.1 Å². The summed E-state index contributed by atoms with van der Waals surface area (Å²) in [7, 11) is -3.40. The van der Waals surface area contributed by atoms with E-state index in [0.29, 0.717) is 23.8 Å². The maximum atomic E-state index is 12.6. The monoisotopic (exact) mass is 379 g/mol. The van der Waals surface area contributed by atoms with Crippen LogP contribution in [-0.4, -0.2) is 55.8 Å². The molecule has 0 aromatic carbocycles. The van der Waals surface area contributed by atoms with Gasteiger partial charge in [0.15, 0.2) is 0 Å². The molecule has 11 heteroatoms. The molecule has 0 atom stereocenters. The molecule has 4 heterocycles. The summed E-state index contributed by atoms with van der Waals surface area (Å²) in [6.45, 7) is 3.27. The van der Waals surface area contributed by atoms with Crippen LogP contribution >= 0.6 is 11.3 Å². The zero-order chi connectivity index (χ0) is 17.4. The fourth-order valence-corrected chi connectivity index (χ4v) is 5.59. The molecule has 0 saturated carbocycles. The van der Waals surface area contributed by atoms with Crippen molar-refractivity contribution in [2.75, 3.05) is 13.1 Å². The van der Waals surface area contributed by atoms with Crippen molar-refractivity contribution in [3.63, 3.8) is 0 Å². The van der Waals surface area contributed by atoms with Crippen molar-refractivity contribution in [3.05, 3.63) is 41.3 Å². The van der Waals surface area contributed by atoms with Gasteiger partial charge in [-0.15, -0.1) is 16.4 Å². The first-order valence-corrected chi connectivity index (χ1v) is 10.2. The molecule has 3 aromatic heterocycles. The van der Waals surface area contributed by atoms with Crippen LogP contribution in [0, 0.1) is 0 Å². The smallest absolute Gasteiger partial charge is 0.246 e. The third-order valence-electron chi connectivity index (χ3n) is 4.11. The fraction of sp³-hybridized carbons (Fsp3) is 0.429. The summed E-state index contributed by atoms with van der Waals surface area (Å²) >= 11 is 1.34. The second-order valence-corrected chi connectivity index (χ2v) is 9.13. The Hall–Kier alpha value is -2.11. The lowest BCUT2D eigenvalue weighted by Crippen LogP contribution is -2.50. The Bertz CT molecular complexity index is 955. The first kappa shape index (κ1) is 16.4. The normalized spacial score (nSPS) is 16.2. The molecule has 1 aliphatic rings. The molecule has 132 valence electrons. The van der Waals surface area contributed by atoms with Crippen LogP contribution in [0.15, 0.2) is 34.9 Å². The van der Waals surface area contributed by atoms with E-state index >= 15 is 0 Å². The van der Waals surface area contributed by atoms with Gasteiger partial charge in [0.1, 0.15) is 16.4 Å². The standard InChI is InChI=1S/C14H17N7O2S2/c1-2-13-3-4-14(24-13)25(22,23)19-9-12(10-19)20-7-11(17-18-20)8-21-15-5-6-16-21/h3-7,12H,2,8-10H2,1H3. The van der Waals surface area contributed by atoms with Crippen LogP contribution in [0.1, 0.15) is 23.5 Å². The fourth-order valence-electron chi connectivity index (χ4n) is 2.63. The van der Waals surface area contributed by atoms with Crippen molar-refractivity contribution >= 4 is 21.4 Å². The number of aryl methyl sites for hydroxylation is 1. The van der Waals surface area contributed by atoms with Gasteiger partial charge in [0, 0.05) is 18.0 Å². The van der Waals surface area contributed by atoms with E-state index in [1.165, 1.54) is 20.4 Å². The van der Waals surface area contributed by atoms with Gasteiger partial charge in [0.05, 0.1) is 24.6 Å². The lowest BCUT2D eigenvalue weighted by Gasteiger charge is -2.37. The summed E-state index contributed by atoms with van der Waals surface area (Å²) in [5.41, 5.74) is 0.739. The molecule has 0 aliphatic carbocycles. The Morgan fingerprint density at radius 3 is 2.68 bits per heavy atom. The zero-order valence-corrected chi connectivity index (χ0v) is 15.2. The molecule has 0 N–H and O–H groups in total. The van der Waals surface area contributed by atoms with Gasteiger partial charge in [-0.25, -0.2) is 13.1 Å². The van der Waals surface area contributed by atoms with Crippen molar-refractivity contribution in [3.8, 4) is 0 Å². The quantitative estimate of drug-likeness (QED) is 0.628. The topological polar surface area (TPSA) is 98.8 Å². The SMILES string of the molecule is CCc1ccc(S(=O)(=O)N2CC(n3cc(Cn4nccn4)nn3)C2)s1. The van der Waals surface area contributed by atoms with Gasteiger partial charge in [-0.1, -0.05) is 12.1 Å². The Morgan fingerprint density at radius 1 is 1.24 bits per heavy atom. The van der Waals surface area contributed by atoms with Gasteiger partial charge in [-0.05, 0) is 18.6 Å². The highest BCUT2D eigenvalue weighted by atomic mass is 32.2. The Morgan fingerprint density at radius 2 is 2.00 bits per heavy atom. The molecule has 0 unspecified atom stereocenters. The lowest BCUT2D eigenvalue weighted by atomic mass is 10.2. The summed E-state index contributed by atoms with van der Waals surface area (Å²) in [5, 5.41) is 16.3. The molecular formula is C14H17N7O2S2. The summed E-state index contributed by atoms with van der Waals surface area (Å²) < 4.78 is 28.8. The summed E-state index contributed by atoms with van der Waals surface area (Å²) in [6.07, 6.45) is 5.87. The predicted molar refractivity (Wildman–Crippen MR) is 90.6 cm³/mol. The van der Waals surface area contributed by atoms with Crippen molar-refractivity contribution in [1.82, 2.24) is 34.3 Å². The number of rotatable bonds is 6. The number of hydrogen-bond acceptors (Lipinski definition) is 7. The van der Waals surface area contributed by atoms with Crippen molar-refractivity contribution in [2.24, 2.45) is 0 Å². The van der Waals surface area contributed by atoms with Crippen molar-refractivity contribution < 1.29 is 8.42 Å². The molecule has 25 heavy (non-hydrogen) atoms. The van der Waals surface area contributed by atoms with E-state index in [4.69, 9.17) is 0 Å². The maximum Gasteiger partial charge on any atom is 0.252 e.